The van der Waals surface area contributed by atoms with Crippen molar-refractivity contribution in [3.05, 3.63) is 0 Å². The molecule has 116 valence electrons. The molecule has 0 radical (unpaired) electrons. The Labute approximate surface area is 132 Å². The van der Waals surface area contributed by atoms with Crippen LogP contribution in [0.15, 0.2) is 0 Å². The molecule has 0 atom stereocenters. The van der Waals surface area contributed by atoms with Gasteiger partial charge in [-0.1, -0.05) is 6.42 Å². The molecule has 0 amide bonds. The van der Waals surface area contributed by atoms with Gasteiger partial charge in [0, 0.05) is 12.8 Å². The van der Waals surface area contributed by atoms with E-state index in [0.29, 0.717) is 0 Å². The Morgan fingerprint density at radius 2 is 1.20 bits per heavy atom. The van der Waals surface area contributed by atoms with Gasteiger partial charge in [0.05, 0.1) is 0 Å². The Balaban J connectivity index is 0. The van der Waals surface area contributed by atoms with E-state index in [2.05, 4.69) is 0 Å². The Hall–Kier alpha value is 0.420. The molecule has 3 nitrogen and oxygen atoms in total. The van der Waals surface area contributed by atoms with E-state index in [1.807, 2.05) is 0 Å². The summed E-state index contributed by atoms with van der Waals surface area (Å²) in [7, 11) is -6.54. The predicted octanol–water partition coefficient (Wildman–Crippen LogP) is 0.276. The molecule has 0 aromatic rings. The second-order valence-electron chi connectivity index (χ2n) is 3.85. The molecular weight excluding hydrogens is 332 g/mol. The van der Waals surface area contributed by atoms with Crippen molar-refractivity contribution in [3.8, 4) is 0 Å². The molecule has 0 bridgehead atoms. The van der Waals surface area contributed by atoms with Crippen molar-refractivity contribution in [2.24, 2.45) is 0 Å². The van der Waals surface area contributed by atoms with Crippen LogP contribution in [-0.2, 0) is 10.1 Å². The van der Waals surface area contributed by atoms with Gasteiger partial charge in [0.25, 0.3) is 0 Å². The fourth-order valence-corrected chi connectivity index (χ4v) is 1.65. The van der Waals surface area contributed by atoms with Gasteiger partial charge in [0.15, 0.2) is 10.1 Å². The van der Waals surface area contributed by atoms with Gasteiger partial charge in [0.2, 0.25) is 0 Å². The third kappa shape index (κ3) is 6.92. The summed E-state index contributed by atoms with van der Waals surface area (Å²) < 4.78 is 116. The van der Waals surface area contributed by atoms with E-state index >= 15 is 0 Å². The first-order chi connectivity index (χ1) is 8.21. The second-order valence-corrected chi connectivity index (χ2v) is 5.27. The Morgan fingerprint density at radius 1 is 0.800 bits per heavy atom. The molecule has 0 aromatic carbocycles. The molecule has 0 saturated heterocycles. The summed E-state index contributed by atoms with van der Waals surface area (Å²) in [5.74, 6) is -5.11. The van der Waals surface area contributed by atoms with Crippen molar-refractivity contribution in [3.63, 3.8) is 0 Å². The van der Waals surface area contributed by atoms with Crippen molar-refractivity contribution in [1.82, 2.24) is 0 Å². The Bertz CT molecular complexity index is 393. The molecule has 12 heteroatoms. The van der Waals surface area contributed by atoms with Crippen LogP contribution in [0.5, 0.6) is 0 Å². The van der Waals surface area contributed by atoms with Gasteiger partial charge < -0.3 is 4.55 Å². The number of hydrogen-bond acceptors (Lipinski definition) is 3. The molecule has 0 heterocycles. The summed E-state index contributed by atoms with van der Waals surface area (Å²) in [5, 5.41) is -5.77. The predicted molar refractivity (Wildman–Crippen MR) is 48.7 cm³/mol. The van der Waals surface area contributed by atoms with E-state index in [-0.39, 0.29) is 29.6 Å². The topological polar surface area (TPSA) is 57.2 Å². The first-order valence-corrected chi connectivity index (χ1v) is 6.39. The van der Waals surface area contributed by atoms with Gasteiger partial charge in [0.1, 0.15) is 0 Å². The zero-order valence-corrected chi connectivity index (χ0v) is 13.1. The van der Waals surface area contributed by atoms with Crippen molar-refractivity contribution in [2.45, 2.75) is 49.5 Å². The van der Waals surface area contributed by atoms with Gasteiger partial charge in [-0.2, -0.15) is 30.7 Å². The minimum absolute atomic E-state index is 0. The van der Waals surface area contributed by atoms with Gasteiger partial charge in [-0.05, 0) is 12.8 Å². The smallest absolute Gasteiger partial charge is 0.743 e. The molecule has 0 rings (SSSR count). The average molecular weight is 342 g/mol. The number of hydrogen-bond donors (Lipinski definition) is 0. The van der Waals surface area contributed by atoms with Crippen LogP contribution in [0.2, 0.25) is 0 Å². The van der Waals surface area contributed by atoms with Crippen molar-refractivity contribution in [1.29, 1.82) is 0 Å². The number of halogens is 7. The quantitative estimate of drug-likeness (QED) is 0.289. The molecule has 0 saturated carbocycles. The normalized spacial score (nSPS) is 14.0. The van der Waals surface area contributed by atoms with E-state index in [1.165, 1.54) is 0 Å². The SMILES string of the molecule is O=S(=O)([O-])C(F)(F)C(F)(F)CCCCCC(F)(F)F.[Na+]. The summed E-state index contributed by atoms with van der Waals surface area (Å²) in [6.07, 6.45) is -9.16. The molecule has 0 aliphatic heterocycles. The monoisotopic (exact) mass is 342 g/mol. The minimum atomic E-state index is -6.54. The van der Waals surface area contributed by atoms with Crippen LogP contribution in [-0.4, -0.2) is 30.3 Å². The first kappa shape index (κ1) is 22.7. The third-order valence-corrected chi connectivity index (χ3v) is 3.12. The molecule has 0 unspecified atom stereocenters. The van der Waals surface area contributed by atoms with E-state index in [4.69, 9.17) is 0 Å². The van der Waals surface area contributed by atoms with Gasteiger partial charge >= 0.3 is 46.9 Å². The largest absolute Gasteiger partial charge is 1.00 e. The Kier molecular flexibility index (Phi) is 8.64. The summed E-state index contributed by atoms with van der Waals surface area (Å²) in [5.41, 5.74) is 0. The summed E-state index contributed by atoms with van der Waals surface area (Å²) in [4.78, 5) is 0. The Morgan fingerprint density at radius 3 is 1.55 bits per heavy atom. The summed E-state index contributed by atoms with van der Waals surface area (Å²) in [6, 6.07) is 0. The van der Waals surface area contributed by atoms with Gasteiger partial charge in [-0.15, -0.1) is 0 Å². The standard InChI is InChI=1S/C8H11F7O3S.Na/c9-6(10,8(14,15)19(16,17)18)4-2-1-3-5-7(11,12)13;/h1-5H2,(H,16,17,18);/q;+1/p-1. The molecular formula is C8H10F7NaO3S. The van der Waals surface area contributed by atoms with E-state index < -0.39 is 59.6 Å². The molecule has 0 N–H and O–H groups in total. The van der Waals surface area contributed by atoms with Crippen LogP contribution < -0.4 is 29.6 Å². The van der Waals surface area contributed by atoms with E-state index in [0.717, 1.165) is 0 Å². The molecule has 20 heavy (non-hydrogen) atoms. The van der Waals surface area contributed by atoms with Gasteiger partial charge in [-0.3, -0.25) is 0 Å². The maximum atomic E-state index is 12.8. The van der Waals surface area contributed by atoms with E-state index in [1.54, 1.807) is 0 Å². The van der Waals surface area contributed by atoms with Crippen LogP contribution in [0, 0.1) is 0 Å². The summed E-state index contributed by atoms with van der Waals surface area (Å²) in [6.45, 7) is 0. The zero-order chi connectivity index (χ0) is 15.5. The molecule has 0 aliphatic rings. The fourth-order valence-electron chi connectivity index (χ4n) is 1.18. The second kappa shape index (κ2) is 7.61. The zero-order valence-electron chi connectivity index (χ0n) is 10.3. The summed E-state index contributed by atoms with van der Waals surface area (Å²) >= 11 is 0. The number of alkyl halides is 7. The molecule has 0 spiro atoms. The maximum absolute atomic E-state index is 12.8. The van der Waals surface area contributed by atoms with Crippen molar-refractivity contribution in [2.75, 3.05) is 0 Å². The number of rotatable bonds is 7. The number of unbranched alkanes of at least 4 members (excludes halogenated alkanes) is 2. The van der Waals surface area contributed by atoms with E-state index in [9.17, 15) is 43.7 Å². The third-order valence-electron chi connectivity index (χ3n) is 2.19. The van der Waals surface area contributed by atoms with Crippen molar-refractivity contribution >= 4 is 10.1 Å². The fraction of sp³-hybridized carbons (Fsp3) is 1.00. The van der Waals surface area contributed by atoms with Crippen molar-refractivity contribution < 1.29 is 73.3 Å². The van der Waals surface area contributed by atoms with Crippen LogP contribution >= 0.6 is 0 Å². The molecule has 0 fully saturated rings. The van der Waals surface area contributed by atoms with Crippen LogP contribution in [0.25, 0.3) is 0 Å². The average Bonchev–Trinajstić information content (AvgIpc) is 2.12. The van der Waals surface area contributed by atoms with Crippen LogP contribution in [0.4, 0.5) is 30.7 Å². The van der Waals surface area contributed by atoms with Crippen LogP contribution in [0.3, 0.4) is 0 Å². The first-order valence-electron chi connectivity index (χ1n) is 4.98. The van der Waals surface area contributed by atoms with Crippen LogP contribution in [0.1, 0.15) is 32.1 Å². The molecule has 0 aromatic heterocycles. The minimum Gasteiger partial charge on any atom is -0.743 e. The van der Waals surface area contributed by atoms with Gasteiger partial charge in [-0.25, -0.2) is 8.42 Å². The maximum Gasteiger partial charge on any atom is 1.00 e. The molecule has 0 aliphatic carbocycles.